The number of H-pyrrole nitrogens is 1. The molecule has 2 aromatic carbocycles. The molecule has 1 aromatic heterocycles. The Kier molecular flexibility index (Phi) is 5.35. The van der Waals surface area contributed by atoms with Crippen molar-refractivity contribution in [1.29, 1.82) is 0 Å². The van der Waals surface area contributed by atoms with Gasteiger partial charge in [-0.05, 0) is 48.2 Å². The SMILES string of the molecule is Cc1ccc(SN(O)OCCCc2c[nH]c3ccccc23)cc1. The highest BCUT2D eigenvalue weighted by molar-refractivity contribution is 7.96. The van der Waals surface area contributed by atoms with Crippen molar-refractivity contribution < 1.29 is 10.0 Å². The third kappa shape index (κ3) is 4.36. The van der Waals surface area contributed by atoms with Crippen molar-refractivity contribution in [2.24, 2.45) is 0 Å². The van der Waals surface area contributed by atoms with Gasteiger partial charge in [0, 0.05) is 33.9 Å². The summed E-state index contributed by atoms with van der Waals surface area (Å²) in [4.78, 5) is 9.54. The molecular formula is C18H20N2O2S. The maximum absolute atomic E-state index is 9.77. The fourth-order valence-corrected chi connectivity index (χ4v) is 3.02. The van der Waals surface area contributed by atoms with Gasteiger partial charge in [0.1, 0.15) is 0 Å². The first-order chi connectivity index (χ1) is 11.2. The lowest BCUT2D eigenvalue weighted by molar-refractivity contribution is -0.259. The van der Waals surface area contributed by atoms with E-state index in [1.165, 1.54) is 16.5 Å². The fourth-order valence-electron chi connectivity index (χ4n) is 2.46. The van der Waals surface area contributed by atoms with Crippen LogP contribution in [0.4, 0.5) is 0 Å². The van der Waals surface area contributed by atoms with Crippen LogP contribution in [0.1, 0.15) is 17.5 Å². The van der Waals surface area contributed by atoms with Crippen molar-refractivity contribution in [2.45, 2.75) is 24.7 Å². The van der Waals surface area contributed by atoms with Crippen LogP contribution in [0, 0.1) is 6.92 Å². The fraction of sp³-hybridized carbons (Fsp3) is 0.222. The molecule has 120 valence electrons. The standard InChI is InChI=1S/C18H20N2O2S/c1-14-8-10-16(11-9-14)23-20(21)22-12-4-5-15-13-19-18-7-3-2-6-17(15)18/h2-3,6-11,13,19,21H,4-5,12H2,1H3. The van der Waals surface area contributed by atoms with Crippen LogP contribution in [0.3, 0.4) is 0 Å². The normalized spacial score (nSPS) is 11.4. The molecule has 0 spiro atoms. The van der Waals surface area contributed by atoms with Crippen molar-refractivity contribution in [1.82, 2.24) is 9.62 Å². The molecule has 0 amide bonds. The van der Waals surface area contributed by atoms with Gasteiger partial charge in [0.15, 0.2) is 0 Å². The number of para-hydroxylation sites is 1. The van der Waals surface area contributed by atoms with Crippen LogP contribution >= 0.6 is 11.9 Å². The van der Waals surface area contributed by atoms with Gasteiger partial charge in [-0.1, -0.05) is 35.9 Å². The number of nitrogens with zero attached hydrogens (tertiary/aromatic N) is 1. The maximum atomic E-state index is 9.77. The largest absolute Gasteiger partial charge is 0.361 e. The number of hydrogen-bond acceptors (Lipinski definition) is 4. The Labute approximate surface area is 140 Å². The zero-order valence-electron chi connectivity index (χ0n) is 13.0. The predicted octanol–water partition coefficient (Wildman–Crippen LogP) is 4.74. The van der Waals surface area contributed by atoms with Gasteiger partial charge < -0.3 is 4.98 Å². The summed E-state index contributed by atoms with van der Waals surface area (Å²) in [6, 6.07) is 16.2. The van der Waals surface area contributed by atoms with Crippen molar-refractivity contribution in [3.63, 3.8) is 0 Å². The van der Waals surface area contributed by atoms with Gasteiger partial charge in [0.05, 0.1) is 6.61 Å². The first kappa shape index (κ1) is 16.1. The van der Waals surface area contributed by atoms with Crippen molar-refractivity contribution in [3.05, 3.63) is 65.9 Å². The second-order valence-corrected chi connectivity index (χ2v) is 6.40. The minimum Gasteiger partial charge on any atom is -0.361 e. The molecular weight excluding hydrogens is 308 g/mol. The van der Waals surface area contributed by atoms with Crippen LogP contribution in [-0.2, 0) is 11.3 Å². The molecule has 23 heavy (non-hydrogen) atoms. The molecule has 0 saturated carbocycles. The minimum atomic E-state index is 0.467. The third-order valence-electron chi connectivity index (χ3n) is 3.67. The summed E-state index contributed by atoms with van der Waals surface area (Å²) in [6.45, 7) is 2.50. The van der Waals surface area contributed by atoms with Gasteiger partial charge in [-0.3, -0.25) is 10.0 Å². The van der Waals surface area contributed by atoms with Crippen molar-refractivity contribution >= 4 is 22.9 Å². The molecule has 0 saturated heterocycles. The van der Waals surface area contributed by atoms with E-state index in [0.717, 1.165) is 39.8 Å². The van der Waals surface area contributed by atoms with Crippen molar-refractivity contribution in [3.8, 4) is 0 Å². The Morgan fingerprint density at radius 2 is 1.91 bits per heavy atom. The molecule has 0 unspecified atom stereocenters. The molecule has 5 heteroatoms. The first-order valence-electron chi connectivity index (χ1n) is 7.64. The average Bonchev–Trinajstić information content (AvgIpc) is 2.97. The summed E-state index contributed by atoms with van der Waals surface area (Å²) >= 11 is 1.16. The van der Waals surface area contributed by atoms with Gasteiger partial charge in [-0.2, -0.15) is 0 Å². The number of benzene rings is 2. The Bertz CT molecular complexity index is 755. The molecule has 0 atom stereocenters. The van der Waals surface area contributed by atoms with E-state index in [9.17, 15) is 5.21 Å². The number of rotatable bonds is 7. The zero-order chi connectivity index (χ0) is 16.1. The molecule has 1 heterocycles. The molecule has 3 aromatic rings. The molecule has 2 N–H and O–H groups in total. The second kappa shape index (κ2) is 7.66. The lowest BCUT2D eigenvalue weighted by Crippen LogP contribution is -2.12. The average molecular weight is 328 g/mol. The number of aromatic nitrogens is 1. The highest BCUT2D eigenvalue weighted by Gasteiger charge is 2.06. The van der Waals surface area contributed by atoms with Gasteiger partial charge in [-0.15, -0.1) is 0 Å². The Balaban J connectivity index is 1.43. The van der Waals surface area contributed by atoms with Gasteiger partial charge in [0.2, 0.25) is 0 Å². The highest BCUT2D eigenvalue weighted by atomic mass is 32.2. The molecule has 0 radical (unpaired) electrons. The number of aromatic amines is 1. The van der Waals surface area contributed by atoms with Crippen LogP contribution < -0.4 is 0 Å². The third-order valence-corrected chi connectivity index (χ3v) is 4.42. The second-order valence-electron chi connectivity index (χ2n) is 5.44. The highest BCUT2D eigenvalue weighted by Crippen LogP contribution is 2.22. The number of nitrogens with one attached hydrogen (secondary N) is 1. The maximum Gasteiger partial charge on any atom is 0.0724 e. The molecule has 4 nitrogen and oxygen atoms in total. The van der Waals surface area contributed by atoms with Crippen LogP contribution in [0.15, 0.2) is 59.6 Å². The Morgan fingerprint density at radius 3 is 2.74 bits per heavy atom. The van der Waals surface area contributed by atoms with E-state index in [2.05, 4.69) is 17.1 Å². The Morgan fingerprint density at radius 1 is 1.13 bits per heavy atom. The van der Waals surface area contributed by atoms with Crippen LogP contribution in [-0.4, -0.2) is 21.4 Å². The van der Waals surface area contributed by atoms with Crippen molar-refractivity contribution in [2.75, 3.05) is 6.61 Å². The van der Waals surface area contributed by atoms with Gasteiger partial charge in [-0.25, -0.2) is 0 Å². The summed E-state index contributed by atoms with van der Waals surface area (Å²) < 4.78 is 0.833. The summed E-state index contributed by atoms with van der Waals surface area (Å²) in [6.07, 6.45) is 3.79. The monoisotopic (exact) mass is 328 g/mol. The molecule has 0 aliphatic carbocycles. The van der Waals surface area contributed by atoms with E-state index in [4.69, 9.17) is 4.84 Å². The van der Waals surface area contributed by atoms with Gasteiger partial charge in [0.25, 0.3) is 0 Å². The van der Waals surface area contributed by atoms with Crippen LogP contribution in [0.2, 0.25) is 0 Å². The zero-order valence-corrected chi connectivity index (χ0v) is 13.8. The first-order valence-corrected chi connectivity index (χ1v) is 8.41. The molecule has 0 fully saturated rings. The topological polar surface area (TPSA) is 48.5 Å². The number of hydrogen-bond donors (Lipinski definition) is 2. The molecule has 3 rings (SSSR count). The quantitative estimate of drug-likeness (QED) is 0.374. The molecule has 0 aliphatic rings. The lowest BCUT2D eigenvalue weighted by atomic mass is 10.1. The summed E-state index contributed by atoms with van der Waals surface area (Å²) in [5.74, 6) is 0. The van der Waals surface area contributed by atoms with E-state index >= 15 is 0 Å². The predicted molar refractivity (Wildman–Crippen MR) is 93.2 cm³/mol. The molecule has 0 aliphatic heterocycles. The van der Waals surface area contributed by atoms with E-state index < -0.39 is 0 Å². The van der Waals surface area contributed by atoms with Crippen LogP contribution in [0.5, 0.6) is 0 Å². The smallest absolute Gasteiger partial charge is 0.0724 e. The Hall–Kier alpha value is -1.79. The van der Waals surface area contributed by atoms with E-state index in [1.807, 2.05) is 49.5 Å². The van der Waals surface area contributed by atoms with E-state index in [-0.39, 0.29) is 0 Å². The molecule has 0 bridgehead atoms. The van der Waals surface area contributed by atoms with E-state index in [0.29, 0.717) is 6.61 Å². The number of fused-ring (bicyclic) bond motifs is 1. The summed E-state index contributed by atoms with van der Waals surface area (Å²) in [7, 11) is 0. The lowest BCUT2D eigenvalue weighted by Gasteiger charge is -2.12. The summed E-state index contributed by atoms with van der Waals surface area (Å²) in [5, 5.41) is 11.0. The van der Waals surface area contributed by atoms with Crippen LogP contribution in [0.25, 0.3) is 10.9 Å². The van der Waals surface area contributed by atoms with E-state index in [1.54, 1.807) is 0 Å². The minimum absolute atomic E-state index is 0.467. The summed E-state index contributed by atoms with van der Waals surface area (Å²) in [5.41, 5.74) is 3.63. The van der Waals surface area contributed by atoms with Gasteiger partial charge >= 0.3 is 0 Å². The number of aryl methyl sites for hydroxylation is 2.